The van der Waals surface area contributed by atoms with Crippen molar-refractivity contribution in [2.75, 3.05) is 0 Å². The number of ketones is 1. The number of hydrogen-bond acceptors (Lipinski definition) is 2. The van der Waals surface area contributed by atoms with E-state index in [9.17, 15) is 9.90 Å². The highest BCUT2D eigenvalue weighted by Gasteiger charge is 2.29. The monoisotopic (exact) mass is 204 g/mol. The minimum absolute atomic E-state index is 0.0998. The number of rotatable bonds is 2. The second-order valence-electron chi connectivity index (χ2n) is 4.19. The third kappa shape index (κ3) is 2.26. The smallest absolute Gasteiger partial charge is 0.168 e. The Morgan fingerprint density at radius 1 is 1.13 bits per heavy atom. The molecule has 1 saturated carbocycles. The summed E-state index contributed by atoms with van der Waals surface area (Å²) in [5.74, 6) is -0.0797. The Balaban J connectivity index is 2.13. The molecule has 1 aromatic carbocycles. The lowest BCUT2D eigenvalue weighted by atomic mass is 9.81. The summed E-state index contributed by atoms with van der Waals surface area (Å²) in [4.78, 5) is 12.1. The number of aliphatic hydroxyl groups is 1. The molecule has 0 aliphatic heterocycles. The van der Waals surface area contributed by atoms with Gasteiger partial charge in [-0.05, 0) is 12.8 Å². The Morgan fingerprint density at radius 2 is 1.80 bits per heavy atom. The summed E-state index contributed by atoms with van der Waals surface area (Å²) in [5.41, 5.74) is 0.725. The fourth-order valence-corrected chi connectivity index (χ4v) is 2.23. The van der Waals surface area contributed by atoms with Crippen molar-refractivity contribution in [3.63, 3.8) is 0 Å². The zero-order valence-electron chi connectivity index (χ0n) is 8.73. The number of aliphatic hydroxyl groups excluding tert-OH is 1. The summed E-state index contributed by atoms with van der Waals surface area (Å²) < 4.78 is 0. The SMILES string of the molecule is O=C(c1ccccc1)[C@H]1CCCC[C@H]1O. The predicted molar refractivity (Wildman–Crippen MR) is 58.7 cm³/mol. The topological polar surface area (TPSA) is 37.3 Å². The van der Waals surface area contributed by atoms with Gasteiger partial charge in [-0.15, -0.1) is 0 Å². The van der Waals surface area contributed by atoms with Crippen LogP contribution in [0.25, 0.3) is 0 Å². The molecule has 0 aromatic heterocycles. The molecular weight excluding hydrogens is 188 g/mol. The molecule has 0 spiro atoms. The van der Waals surface area contributed by atoms with Crippen molar-refractivity contribution in [2.45, 2.75) is 31.8 Å². The zero-order chi connectivity index (χ0) is 10.7. The number of carbonyl (C=O) groups is 1. The van der Waals surface area contributed by atoms with Crippen molar-refractivity contribution in [3.05, 3.63) is 35.9 Å². The summed E-state index contributed by atoms with van der Waals surface area (Å²) in [6.45, 7) is 0. The Labute approximate surface area is 89.9 Å². The Morgan fingerprint density at radius 3 is 2.47 bits per heavy atom. The molecule has 0 amide bonds. The van der Waals surface area contributed by atoms with Gasteiger partial charge >= 0.3 is 0 Å². The molecule has 1 aromatic rings. The Bertz CT molecular complexity index is 332. The second kappa shape index (κ2) is 4.58. The van der Waals surface area contributed by atoms with Crippen LogP contribution >= 0.6 is 0 Å². The molecule has 0 saturated heterocycles. The molecule has 2 nitrogen and oxygen atoms in total. The maximum Gasteiger partial charge on any atom is 0.168 e. The number of hydrogen-bond donors (Lipinski definition) is 1. The van der Waals surface area contributed by atoms with Gasteiger partial charge in [-0.1, -0.05) is 43.2 Å². The average Bonchev–Trinajstić information content (AvgIpc) is 2.30. The van der Waals surface area contributed by atoms with Crippen LogP contribution < -0.4 is 0 Å². The molecule has 1 aliphatic rings. The largest absolute Gasteiger partial charge is 0.392 e. The fraction of sp³-hybridized carbons (Fsp3) is 0.462. The summed E-state index contributed by atoms with van der Waals surface area (Å²) in [7, 11) is 0. The van der Waals surface area contributed by atoms with E-state index in [1.165, 1.54) is 0 Å². The molecule has 2 atom stereocenters. The predicted octanol–water partition coefficient (Wildman–Crippen LogP) is 2.42. The van der Waals surface area contributed by atoms with E-state index in [2.05, 4.69) is 0 Å². The van der Waals surface area contributed by atoms with Gasteiger partial charge in [0.15, 0.2) is 5.78 Å². The Kier molecular flexibility index (Phi) is 3.17. The van der Waals surface area contributed by atoms with E-state index in [0.29, 0.717) is 0 Å². The fourth-order valence-electron chi connectivity index (χ4n) is 2.23. The van der Waals surface area contributed by atoms with Crippen LogP contribution in [0.3, 0.4) is 0 Å². The highest BCUT2D eigenvalue weighted by Crippen LogP contribution is 2.27. The second-order valence-corrected chi connectivity index (χ2v) is 4.19. The van der Waals surface area contributed by atoms with Gasteiger partial charge in [0.05, 0.1) is 6.10 Å². The maximum absolute atomic E-state index is 12.1. The molecule has 0 unspecified atom stereocenters. The van der Waals surface area contributed by atoms with Crippen LogP contribution in [0.1, 0.15) is 36.0 Å². The van der Waals surface area contributed by atoms with Crippen LogP contribution in [0.2, 0.25) is 0 Å². The van der Waals surface area contributed by atoms with Gasteiger partial charge in [-0.2, -0.15) is 0 Å². The van der Waals surface area contributed by atoms with Crippen LogP contribution in [-0.4, -0.2) is 17.0 Å². The van der Waals surface area contributed by atoms with Crippen LogP contribution in [0, 0.1) is 5.92 Å². The summed E-state index contributed by atoms with van der Waals surface area (Å²) >= 11 is 0. The Hall–Kier alpha value is -1.15. The summed E-state index contributed by atoms with van der Waals surface area (Å²) in [5, 5.41) is 9.78. The standard InChI is InChI=1S/C13H16O2/c14-12-9-5-4-8-11(12)13(15)10-6-2-1-3-7-10/h1-3,6-7,11-12,14H,4-5,8-9H2/t11-,12+/m0/s1. The lowest BCUT2D eigenvalue weighted by molar-refractivity contribution is 0.0525. The van der Waals surface area contributed by atoms with E-state index in [1.807, 2.05) is 30.3 Å². The quantitative estimate of drug-likeness (QED) is 0.751. The molecule has 0 radical (unpaired) electrons. The van der Waals surface area contributed by atoms with Gasteiger partial charge in [0.1, 0.15) is 0 Å². The van der Waals surface area contributed by atoms with Gasteiger partial charge in [0.25, 0.3) is 0 Å². The van der Waals surface area contributed by atoms with E-state index in [1.54, 1.807) is 0 Å². The lowest BCUT2D eigenvalue weighted by Gasteiger charge is -2.26. The molecule has 1 fully saturated rings. The van der Waals surface area contributed by atoms with Gasteiger partial charge in [0, 0.05) is 11.5 Å². The van der Waals surface area contributed by atoms with E-state index in [-0.39, 0.29) is 11.7 Å². The summed E-state index contributed by atoms with van der Waals surface area (Å²) in [6.07, 6.45) is 3.25. The maximum atomic E-state index is 12.1. The number of benzene rings is 1. The number of carbonyl (C=O) groups excluding carboxylic acids is 1. The first-order valence-corrected chi connectivity index (χ1v) is 5.56. The molecule has 15 heavy (non-hydrogen) atoms. The first-order valence-electron chi connectivity index (χ1n) is 5.56. The van der Waals surface area contributed by atoms with Crippen molar-refractivity contribution < 1.29 is 9.90 Å². The molecule has 1 aliphatic carbocycles. The van der Waals surface area contributed by atoms with Crippen LogP contribution in [0.4, 0.5) is 0 Å². The molecule has 0 heterocycles. The van der Waals surface area contributed by atoms with Gasteiger partial charge in [-0.25, -0.2) is 0 Å². The molecular formula is C13H16O2. The van der Waals surface area contributed by atoms with Crippen molar-refractivity contribution in [2.24, 2.45) is 5.92 Å². The van der Waals surface area contributed by atoms with Gasteiger partial charge in [-0.3, -0.25) is 4.79 Å². The highest BCUT2D eigenvalue weighted by molar-refractivity contribution is 5.98. The molecule has 1 N–H and O–H groups in total. The first kappa shape index (κ1) is 10.4. The van der Waals surface area contributed by atoms with E-state index >= 15 is 0 Å². The van der Waals surface area contributed by atoms with Crippen LogP contribution in [0.15, 0.2) is 30.3 Å². The molecule has 0 bridgehead atoms. The zero-order valence-corrected chi connectivity index (χ0v) is 8.73. The van der Waals surface area contributed by atoms with Crippen molar-refractivity contribution in [3.8, 4) is 0 Å². The van der Waals surface area contributed by atoms with Crippen molar-refractivity contribution in [1.82, 2.24) is 0 Å². The third-order valence-electron chi connectivity index (χ3n) is 3.12. The van der Waals surface area contributed by atoms with Gasteiger partial charge in [0.2, 0.25) is 0 Å². The van der Waals surface area contributed by atoms with Crippen molar-refractivity contribution >= 4 is 5.78 Å². The van der Waals surface area contributed by atoms with Crippen LogP contribution in [0.5, 0.6) is 0 Å². The third-order valence-corrected chi connectivity index (χ3v) is 3.12. The van der Waals surface area contributed by atoms with E-state index < -0.39 is 6.10 Å². The minimum atomic E-state index is -0.438. The first-order chi connectivity index (χ1) is 7.29. The molecule has 80 valence electrons. The summed E-state index contributed by atoms with van der Waals surface area (Å²) in [6, 6.07) is 9.27. The lowest BCUT2D eigenvalue weighted by Crippen LogP contribution is -2.31. The van der Waals surface area contributed by atoms with E-state index in [0.717, 1.165) is 31.2 Å². The average molecular weight is 204 g/mol. The van der Waals surface area contributed by atoms with Crippen molar-refractivity contribution in [1.29, 1.82) is 0 Å². The highest BCUT2D eigenvalue weighted by atomic mass is 16.3. The molecule has 2 heteroatoms. The minimum Gasteiger partial charge on any atom is -0.392 e. The van der Waals surface area contributed by atoms with Gasteiger partial charge < -0.3 is 5.11 Å². The van der Waals surface area contributed by atoms with E-state index in [4.69, 9.17) is 0 Å². The normalized spacial score (nSPS) is 26.2. The van der Waals surface area contributed by atoms with Crippen LogP contribution in [-0.2, 0) is 0 Å². The number of Topliss-reactive ketones (excluding diaryl/α,β-unsaturated/α-hetero) is 1. The molecule has 2 rings (SSSR count).